The SMILES string of the molecule is CCC(C)C1CNc2cc(OC)c(OC)cc2N1. The predicted octanol–water partition coefficient (Wildman–Crippen LogP) is 2.96. The highest BCUT2D eigenvalue weighted by atomic mass is 16.5. The van der Waals surface area contributed by atoms with E-state index >= 15 is 0 Å². The van der Waals surface area contributed by atoms with E-state index in [9.17, 15) is 0 Å². The topological polar surface area (TPSA) is 42.5 Å². The lowest BCUT2D eigenvalue weighted by Gasteiger charge is -2.32. The molecule has 1 aromatic carbocycles. The highest BCUT2D eigenvalue weighted by molar-refractivity contribution is 5.76. The minimum Gasteiger partial charge on any atom is -0.493 e. The van der Waals surface area contributed by atoms with Gasteiger partial charge < -0.3 is 20.1 Å². The van der Waals surface area contributed by atoms with E-state index in [0.29, 0.717) is 12.0 Å². The molecule has 2 N–H and O–H groups in total. The van der Waals surface area contributed by atoms with E-state index < -0.39 is 0 Å². The molecule has 0 saturated carbocycles. The molecule has 4 nitrogen and oxygen atoms in total. The van der Waals surface area contributed by atoms with Gasteiger partial charge in [0.15, 0.2) is 11.5 Å². The third-order valence-electron chi connectivity index (χ3n) is 3.71. The van der Waals surface area contributed by atoms with E-state index in [2.05, 4.69) is 24.5 Å². The highest BCUT2D eigenvalue weighted by Crippen LogP contribution is 2.38. The van der Waals surface area contributed by atoms with Crippen molar-refractivity contribution < 1.29 is 9.47 Å². The number of methoxy groups -OCH3 is 2. The van der Waals surface area contributed by atoms with Gasteiger partial charge in [0, 0.05) is 24.7 Å². The molecular weight excluding hydrogens is 228 g/mol. The number of hydrogen-bond donors (Lipinski definition) is 2. The Kier molecular flexibility index (Phi) is 3.84. The summed E-state index contributed by atoms with van der Waals surface area (Å²) in [6.07, 6.45) is 1.17. The first-order valence-corrected chi connectivity index (χ1v) is 6.46. The van der Waals surface area contributed by atoms with Gasteiger partial charge in [0.1, 0.15) is 0 Å². The van der Waals surface area contributed by atoms with Crippen molar-refractivity contribution in [3.8, 4) is 11.5 Å². The van der Waals surface area contributed by atoms with E-state index in [4.69, 9.17) is 9.47 Å². The molecule has 0 bridgehead atoms. The average molecular weight is 250 g/mol. The number of benzene rings is 1. The van der Waals surface area contributed by atoms with Gasteiger partial charge >= 0.3 is 0 Å². The number of ether oxygens (including phenoxy) is 2. The Hall–Kier alpha value is -1.58. The molecule has 0 fully saturated rings. The summed E-state index contributed by atoms with van der Waals surface area (Å²) in [4.78, 5) is 0. The second-order valence-corrected chi connectivity index (χ2v) is 4.77. The maximum Gasteiger partial charge on any atom is 0.162 e. The van der Waals surface area contributed by atoms with E-state index in [1.54, 1.807) is 14.2 Å². The Labute approximate surface area is 109 Å². The third-order valence-corrected chi connectivity index (χ3v) is 3.71. The molecular formula is C14H22N2O2. The van der Waals surface area contributed by atoms with Gasteiger partial charge in [-0.05, 0) is 5.92 Å². The summed E-state index contributed by atoms with van der Waals surface area (Å²) in [5, 5.41) is 7.03. The lowest BCUT2D eigenvalue weighted by molar-refractivity contribution is 0.355. The fourth-order valence-corrected chi connectivity index (χ4v) is 2.24. The predicted molar refractivity (Wildman–Crippen MR) is 74.9 cm³/mol. The molecule has 0 aliphatic carbocycles. The lowest BCUT2D eigenvalue weighted by atomic mass is 9.97. The third kappa shape index (κ3) is 2.33. The first kappa shape index (κ1) is 12.9. The van der Waals surface area contributed by atoms with Crippen LogP contribution in [0.1, 0.15) is 20.3 Å². The van der Waals surface area contributed by atoms with Gasteiger partial charge in [0.05, 0.1) is 25.6 Å². The minimum absolute atomic E-state index is 0.459. The maximum atomic E-state index is 5.33. The first-order chi connectivity index (χ1) is 8.69. The Morgan fingerprint density at radius 1 is 1.22 bits per heavy atom. The molecule has 0 spiro atoms. The van der Waals surface area contributed by atoms with Gasteiger partial charge in [0.2, 0.25) is 0 Å². The minimum atomic E-state index is 0.459. The molecule has 1 aliphatic rings. The largest absolute Gasteiger partial charge is 0.493 e. The van der Waals surface area contributed by atoms with Crippen molar-refractivity contribution in [3.63, 3.8) is 0 Å². The van der Waals surface area contributed by atoms with Crippen LogP contribution in [0, 0.1) is 5.92 Å². The fraction of sp³-hybridized carbons (Fsp3) is 0.571. The molecule has 1 heterocycles. The maximum absolute atomic E-state index is 5.33. The van der Waals surface area contributed by atoms with Crippen LogP contribution in [0.3, 0.4) is 0 Å². The molecule has 1 aromatic rings. The summed E-state index contributed by atoms with van der Waals surface area (Å²) in [5.41, 5.74) is 2.16. The zero-order chi connectivity index (χ0) is 13.1. The monoisotopic (exact) mass is 250 g/mol. The summed E-state index contributed by atoms with van der Waals surface area (Å²) >= 11 is 0. The number of anilines is 2. The van der Waals surface area contributed by atoms with Crippen molar-refractivity contribution in [3.05, 3.63) is 12.1 Å². The normalized spacial score (nSPS) is 19.2. The van der Waals surface area contributed by atoms with Gasteiger partial charge in [-0.15, -0.1) is 0 Å². The average Bonchev–Trinajstić information content (AvgIpc) is 2.44. The first-order valence-electron chi connectivity index (χ1n) is 6.46. The summed E-state index contributed by atoms with van der Waals surface area (Å²) in [6.45, 7) is 5.43. The van der Waals surface area contributed by atoms with Gasteiger partial charge in [-0.25, -0.2) is 0 Å². The van der Waals surface area contributed by atoms with E-state index in [1.165, 1.54) is 6.42 Å². The van der Waals surface area contributed by atoms with Crippen molar-refractivity contribution in [1.82, 2.24) is 0 Å². The van der Waals surface area contributed by atoms with Crippen LogP contribution in [0.25, 0.3) is 0 Å². The summed E-state index contributed by atoms with van der Waals surface area (Å²) in [7, 11) is 3.31. The molecule has 2 unspecified atom stereocenters. The van der Waals surface area contributed by atoms with Gasteiger partial charge in [0.25, 0.3) is 0 Å². The van der Waals surface area contributed by atoms with Gasteiger partial charge in [-0.3, -0.25) is 0 Å². The van der Waals surface area contributed by atoms with Crippen LogP contribution in [0.15, 0.2) is 12.1 Å². The number of rotatable bonds is 4. The van der Waals surface area contributed by atoms with Crippen LogP contribution in [-0.2, 0) is 0 Å². The second kappa shape index (κ2) is 5.38. The summed E-state index contributed by atoms with van der Waals surface area (Å²) in [5.74, 6) is 2.15. The molecule has 100 valence electrons. The molecule has 1 aliphatic heterocycles. The van der Waals surface area contributed by atoms with E-state index in [0.717, 1.165) is 29.4 Å². The smallest absolute Gasteiger partial charge is 0.162 e. The van der Waals surface area contributed by atoms with Crippen molar-refractivity contribution in [2.45, 2.75) is 26.3 Å². The van der Waals surface area contributed by atoms with Gasteiger partial charge in [-0.2, -0.15) is 0 Å². The molecule has 2 atom stereocenters. The molecule has 4 heteroatoms. The number of hydrogen-bond acceptors (Lipinski definition) is 4. The molecule has 2 rings (SSSR count). The Morgan fingerprint density at radius 3 is 2.39 bits per heavy atom. The van der Waals surface area contributed by atoms with Crippen molar-refractivity contribution in [1.29, 1.82) is 0 Å². The van der Waals surface area contributed by atoms with E-state index in [-0.39, 0.29) is 0 Å². The Balaban J connectivity index is 2.27. The standard InChI is InChI=1S/C14H22N2O2/c1-5-9(2)12-8-15-10-6-13(17-3)14(18-4)7-11(10)16-12/h6-7,9,12,15-16H,5,8H2,1-4H3. The molecule has 0 radical (unpaired) electrons. The molecule has 0 amide bonds. The molecule has 18 heavy (non-hydrogen) atoms. The summed E-state index contributed by atoms with van der Waals surface area (Å²) in [6, 6.07) is 4.43. The van der Waals surface area contributed by atoms with Crippen molar-refractivity contribution >= 4 is 11.4 Å². The van der Waals surface area contributed by atoms with Crippen molar-refractivity contribution in [2.24, 2.45) is 5.92 Å². The summed E-state index contributed by atoms with van der Waals surface area (Å²) < 4.78 is 10.6. The quantitative estimate of drug-likeness (QED) is 0.862. The van der Waals surface area contributed by atoms with E-state index in [1.807, 2.05) is 12.1 Å². The highest BCUT2D eigenvalue weighted by Gasteiger charge is 2.23. The van der Waals surface area contributed by atoms with Gasteiger partial charge in [-0.1, -0.05) is 20.3 Å². The Morgan fingerprint density at radius 2 is 1.83 bits per heavy atom. The number of nitrogens with one attached hydrogen (secondary N) is 2. The molecule has 0 aromatic heterocycles. The Bertz CT molecular complexity index is 421. The zero-order valence-electron chi connectivity index (χ0n) is 11.5. The van der Waals surface area contributed by atoms with Crippen LogP contribution in [0.5, 0.6) is 11.5 Å². The second-order valence-electron chi connectivity index (χ2n) is 4.77. The van der Waals surface area contributed by atoms with Crippen LogP contribution < -0.4 is 20.1 Å². The van der Waals surface area contributed by atoms with Crippen LogP contribution in [0.4, 0.5) is 11.4 Å². The number of fused-ring (bicyclic) bond motifs is 1. The van der Waals surface area contributed by atoms with Crippen LogP contribution in [0.2, 0.25) is 0 Å². The lowest BCUT2D eigenvalue weighted by Crippen LogP contribution is -2.37. The fourth-order valence-electron chi connectivity index (χ4n) is 2.24. The van der Waals surface area contributed by atoms with Crippen LogP contribution in [-0.4, -0.2) is 26.8 Å². The van der Waals surface area contributed by atoms with Crippen molar-refractivity contribution in [2.75, 3.05) is 31.4 Å². The zero-order valence-corrected chi connectivity index (χ0v) is 11.5. The molecule has 0 saturated heterocycles. The van der Waals surface area contributed by atoms with Crippen LogP contribution >= 0.6 is 0 Å².